The zero-order chi connectivity index (χ0) is 11.1. The minimum absolute atomic E-state index is 0. The third-order valence-electron chi connectivity index (χ3n) is 2.06. The predicted octanol–water partition coefficient (Wildman–Crippen LogP) is 3.18. The normalized spacial score (nSPS) is 9.25. The Bertz CT molecular complexity index is 333. The summed E-state index contributed by atoms with van der Waals surface area (Å²) in [6, 6.07) is 16.7. The van der Waals surface area contributed by atoms with Gasteiger partial charge in [-0.2, -0.15) is 29.8 Å². The number of nitrogens with zero attached hydrogens (tertiary/aromatic N) is 1. The first kappa shape index (κ1) is 15.3. The summed E-state index contributed by atoms with van der Waals surface area (Å²) < 4.78 is 0. The van der Waals surface area contributed by atoms with Crippen LogP contribution in [0.5, 0.6) is 0 Å². The summed E-state index contributed by atoms with van der Waals surface area (Å²) in [6.07, 6.45) is 0. The summed E-state index contributed by atoms with van der Waals surface area (Å²) in [5.74, 6) is 0. The maximum Gasteiger partial charge on any atom is 2.00 e. The van der Waals surface area contributed by atoms with Crippen LogP contribution in [0.4, 0.5) is 0 Å². The first-order valence-electron chi connectivity index (χ1n) is 5.22. The molecule has 16 heavy (non-hydrogen) atoms. The van der Waals surface area contributed by atoms with Crippen LogP contribution in [0.3, 0.4) is 0 Å². The Morgan fingerprint density at radius 2 is 1.31 bits per heavy atom. The molecule has 0 unspecified atom stereocenters. The maximum atomic E-state index is 2.16. The summed E-state index contributed by atoms with van der Waals surface area (Å²) >= 11 is 0. The second-order valence-electron chi connectivity index (χ2n) is 3.99. The third-order valence-corrected chi connectivity index (χ3v) is 2.06. The van der Waals surface area contributed by atoms with Crippen molar-refractivity contribution in [3.8, 4) is 0 Å². The van der Waals surface area contributed by atoms with E-state index in [1.165, 1.54) is 11.1 Å². The molecule has 0 bridgehead atoms. The van der Waals surface area contributed by atoms with Gasteiger partial charge in [0, 0.05) is 0 Å². The van der Waals surface area contributed by atoms with E-state index in [9.17, 15) is 0 Å². The zero-order valence-corrected chi connectivity index (χ0v) is 11.9. The third kappa shape index (κ3) is 6.71. The van der Waals surface area contributed by atoms with E-state index < -0.39 is 0 Å². The van der Waals surface area contributed by atoms with Gasteiger partial charge < -0.3 is 4.90 Å². The van der Waals surface area contributed by atoms with Gasteiger partial charge in [-0.05, 0) is 20.6 Å². The molecule has 2 aromatic carbocycles. The average Bonchev–Trinajstić information content (AvgIpc) is 2.78. The van der Waals surface area contributed by atoms with Crippen molar-refractivity contribution in [1.82, 2.24) is 4.90 Å². The van der Waals surface area contributed by atoms with E-state index in [4.69, 9.17) is 0 Å². The smallest absolute Gasteiger partial charge is 0.316 e. The molecule has 0 spiro atoms. The molecule has 0 atom stereocenters. The van der Waals surface area contributed by atoms with Crippen molar-refractivity contribution in [3.05, 3.63) is 59.7 Å². The standard InChI is InChI=1S/C8H12N.C6H7.Ru/c1-9(2)7-8-5-3-4-6-8;1-6-4-2-3-5-6;/h3-6H,7H2,1-2H3;2-5H,1H3;/q2*-1;+2. The Kier molecular flexibility index (Phi) is 8.06. The van der Waals surface area contributed by atoms with Crippen LogP contribution >= 0.6 is 0 Å². The summed E-state index contributed by atoms with van der Waals surface area (Å²) in [5, 5.41) is 0. The van der Waals surface area contributed by atoms with Crippen LogP contribution in [0.2, 0.25) is 0 Å². The summed E-state index contributed by atoms with van der Waals surface area (Å²) in [7, 11) is 4.15. The van der Waals surface area contributed by atoms with E-state index >= 15 is 0 Å². The van der Waals surface area contributed by atoms with Gasteiger partial charge in [-0.3, -0.25) is 0 Å². The molecule has 0 saturated heterocycles. The van der Waals surface area contributed by atoms with Gasteiger partial charge in [0.25, 0.3) is 0 Å². The van der Waals surface area contributed by atoms with E-state index in [2.05, 4.69) is 62.3 Å². The first-order valence-corrected chi connectivity index (χ1v) is 5.22. The van der Waals surface area contributed by atoms with Crippen molar-refractivity contribution in [2.24, 2.45) is 0 Å². The van der Waals surface area contributed by atoms with Gasteiger partial charge in [0.05, 0.1) is 0 Å². The van der Waals surface area contributed by atoms with Crippen LogP contribution < -0.4 is 0 Å². The molecule has 1 nitrogen and oxygen atoms in total. The number of hydrogen-bond donors (Lipinski definition) is 0. The molecular formula is C14H19NRu. The summed E-state index contributed by atoms with van der Waals surface area (Å²) in [4.78, 5) is 2.16. The molecule has 0 fully saturated rings. The summed E-state index contributed by atoms with van der Waals surface area (Å²) in [5.41, 5.74) is 2.73. The van der Waals surface area contributed by atoms with Gasteiger partial charge in [0.15, 0.2) is 0 Å². The van der Waals surface area contributed by atoms with Crippen LogP contribution in [0.15, 0.2) is 48.5 Å². The number of aryl methyl sites for hydroxylation is 1. The van der Waals surface area contributed by atoms with E-state index in [0.29, 0.717) is 0 Å². The van der Waals surface area contributed by atoms with Gasteiger partial charge in [0.2, 0.25) is 0 Å². The van der Waals surface area contributed by atoms with E-state index in [0.717, 1.165) is 6.54 Å². The number of rotatable bonds is 2. The minimum atomic E-state index is 0. The van der Waals surface area contributed by atoms with E-state index in [-0.39, 0.29) is 19.5 Å². The monoisotopic (exact) mass is 303 g/mol. The van der Waals surface area contributed by atoms with Crippen molar-refractivity contribution in [2.75, 3.05) is 14.1 Å². The fourth-order valence-electron chi connectivity index (χ4n) is 1.35. The van der Waals surface area contributed by atoms with Crippen LogP contribution in [-0.2, 0) is 26.0 Å². The Labute approximate surface area is 112 Å². The second kappa shape index (κ2) is 8.44. The quantitative estimate of drug-likeness (QED) is 0.608. The molecule has 0 aromatic heterocycles. The van der Waals surface area contributed by atoms with Gasteiger partial charge in [-0.25, -0.2) is 24.3 Å². The van der Waals surface area contributed by atoms with Crippen molar-refractivity contribution in [3.63, 3.8) is 0 Å². The molecule has 0 saturated carbocycles. The van der Waals surface area contributed by atoms with Crippen molar-refractivity contribution >= 4 is 0 Å². The molecule has 88 valence electrons. The van der Waals surface area contributed by atoms with Gasteiger partial charge in [-0.15, -0.1) is 5.56 Å². The molecule has 0 amide bonds. The van der Waals surface area contributed by atoms with Gasteiger partial charge >= 0.3 is 19.5 Å². The average molecular weight is 302 g/mol. The van der Waals surface area contributed by atoms with Crippen LogP contribution in [-0.4, -0.2) is 19.0 Å². The topological polar surface area (TPSA) is 3.24 Å². The molecule has 0 radical (unpaired) electrons. The fourth-order valence-corrected chi connectivity index (χ4v) is 1.35. The molecule has 2 heteroatoms. The Morgan fingerprint density at radius 3 is 1.62 bits per heavy atom. The van der Waals surface area contributed by atoms with E-state index in [1.54, 1.807) is 0 Å². The molecule has 0 N–H and O–H groups in total. The SMILES string of the molecule is CN(C)C[c-]1cccc1.C[c-]1cccc1.[Ru+2]. The Balaban J connectivity index is 0.000000283. The fraction of sp³-hybridized carbons (Fsp3) is 0.286. The van der Waals surface area contributed by atoms with Gasteiger partial charge in [-0.1, -0.05) is 6.92 Å². The number of hydrogen-bond acceptors (Lipinski definition) is 1. The predicted molar refractivity (Wildman–Crippen MR) is 66.2 cm³/mol. The summed E-state index contributed by atoms with van der Waals surface area (Å²) in [6.45, 7) is 3.13. The molecule has 0 aliphatic heterocycles. The van der Waals surface area contributed by atoms with Crippen LogP contribution in [0, 0.1) is 6.92 Å². The zero-order valence-electron chi connectivity index (χ0n) is 10.1. The minimum Gasteiger partial charge on any atom is -0.316 e. The van der Waals surface area contributed by atoms with Gasteiger partial charge in [0.1, 0.15) is 0 Å². The molecule has 0 aliphatic rings. The van der Waals surface area contributed by atoms with Crippen molar-refractivity contribution in [2.45, 2.75) is 13.5 Å². The first-order chi connectivity index (χ1) is 7.18. The van der Waals surface area contributed by atoms with Crippen LogP contribution in [0.25, 0.3) is 0 Å². The molecular weight excluding hydrogens is 283 g/mol. The van der Waals surface area contributed by atoms with Crippen molar-refractivity contribution < 1.29 is 19.5 Å². The van der Waals surface area contributed by atoms with Crippen molar-refractivity contribution in [1.29, 1.82) is 0 Å². The maximum absolute atomic E-state index is 2.16. The molecule has 2 rings (SSSR count). The van der Waals surface area contributed by atoms with Crippen LogP contribution in [0.1, 0.15) is 11.1 Å². The molecule has 0 heterocycles. The Hall–Kier alpha value is -0.717. The molecule has 2 aromatic rings. The molecule has 0 aliphatic carbocycles. The Morgan fingerprint density at radius 1 is 0.875 bits per heavy atom. The van der Waals surface area contributed by atoms with E-state index in [1.807, 2.05) is 12.1 Å². The largest absolute Gasteiger partial charge is 2.00 e. The second-order valence-corrected chi connectivity index (χ2v) is 3.99.